The number of nitrogens with one attached hydrogen (secondary N) is 2. The molecule has 0 fully saturated rings. The van der Waals surface area contributed by atoms with E-state index in [2.05, 4.69) is 30.7 Å². The molecule has 0 radical (unpaired) electrons. The van der Waals surface area contributed by atoms with Crippen molar-refractivity contribution in [3.05, 3.63) is 71.2 Å². The monoisotopic (exact) mass is 541 g/mol. The van der Waals surface area contributed by atoms with Gasteiger partial charge in [-0.1, -0.05) is 18.2 Å². The van der Waals surface area contributed by atoms with Crippen molar-refractivity contribution < 1.29 is 18.7 Å². The van der Waals surface area contributed by atoms with Crippen molar-refractivity contribution >= 4 is 34.5 Å². The number of carbonyl (C=O) groups excluding carboxylic acids is 1. The van der Waals surface area contributed by atoms with Crippen LogP contribution in [-0.4, -0.2) is 44.4 Å². The molecule has 3 heterocycles. The van der Waals surface area contributed by atoms with Crippen LogP contribution >= 0.6 is 0 Å². The largest absolute Gasteiger partial charge is 0.494 e. The summed E-state index contributed by atoms with van der Waals surface area (Å²) in [6.45, 7) is 7.95. The Bertz CT molecular complexity index is 1660. The second-order valence-corrected chi connectivity index (χ2v) is 9.25. The number of aryl methyl sites for hydroxylation is 2. The first-order valence-electron chi connectivity index (χ1n) is 12.9. The summed E-state index contributed by atoms with van der Waals surface area (Å²) in [5.41, 5.74) is 5.81. The number of carbonyl (C=O) groups is 1. The molecule has 1 atom stereocenters. The molecule has 206 valence electrons. The van der Waals surface area contributed by atoms with E-state index in [-0.39, 0.29) is 24.0 Å². The quantitative estimate of drug-likeness (QED) is 0.223. The molecule has 40 heavy (non-hydrogen) atoms. The highest BCUT2D eigenvalue weighted by atomic mass is 16.5. The molecule has 0 saturated heterocycles. The van der Waals surface area contributed by atoms with Crippen molar-refractivity contribution in [3.63, 3.8) is 0 Å². The Hall–Kier alpha value is -4.93. The predicted octanol–water partition coefficient (Wildman–Crippen LogP) is 5.74. The third-order valence-corrected chi connectivity index (χ3v) is 6.62. The Morgan fingerprint density at radius 1 is 1.12 bits per heavy atom. The van der Waals surface area contributed by atoms with Crippen LogP contribution in [0, 0.1) is 13.8 Å². The summed E-state index contributed by atoms with van der Waals surface area (Å²) < 4.78 is 18.9. The molecule has 0 bridgehead atoms. The van der Waals surface area contributed by atoms with Gasteiger partial charge >= 0.3 is 5.97 Å². The molecular formula is C29H31N7O4. The van der Waals surface area contributed by atoms with E-state index < -0.39 is 5.97 Å². The number of methoxy groups -OCH3 is 1. The first kappa shape index (κ1) is 26.7. The Morgan fingerprint density at radius 3 is 2.62 bits per heavy atom. The molecule has 0 spiro atoms. The normalized spacial score (nSPS) is 11.8. The number of oxazole rings is 1. The molecule has 0 aliphatic heterocycles. The zero-order valence-corrected chi connectivity index (χ0v) is 23.3. The zero-order chi connectivity index (χ0) is 28.4. The van der Waals surface area contributed by atoms with Crippen LogP contribution in [0.25, 0.3) is 22.6 Å². The number of fused-ring (bicyclic) bond motifs is 1. The van der Waals surface area contributed by atoms with Crippen molar-refractivity contribution in [2.45, 2.75) is 33.7 Å². The predicted molar refractivity (Wildman–Crippen MR) is 152 cm³/mol. The Balaban J connectivity index is 1.52. The molecule has 2 aromatic carbocycles. The maximum Gasteiger partial charge on any atom is 0.343 e. The standard InChI is InChI=1S/C29H31N7O4/c1-7-39-28(37)20-15-30-29(31-16(2)24-17(3)35-36(5)18(24)4)34-26(20)32-22-13-10-11-19(25(22)38-6)27-33-21-12-8-9-14-23(21)40-27/h8-16H,7H2,1-6H3,(H2,30,31,32,34). The van der Waals surface area contributed by atoms with Gasteiger partial charge in [-0.2, -0.15) is 10.1 Å². The van der Waals surface area contributed by atoms with Crippen LogP contribution in [0.3, 0.4) is 0 Å². The van der Waals surface area contributed by atoms with Gasteiger partial charge in [-0.25, -0.2) is 14.8 Å². The topological polar surface area (TPSA) is 129 Å². The fourth-order valence-electron chi connectivity index (χ4n) is 4.73. The molecule has 11 heteroatoms. The number of hydrogen-bond acceptors (Lipinski definition) is 10. The number of benzene rings is 2. The number of hydrogen-bond donors (Lipinski definition) is 2. The van der Waals surface area contributed by atoms with Crippen LogP contribution in [0.1, 0.15) is 47.2 Å². The van der Waals surface area contributed by atoms with Gasteiger partial charge < -0.3 is 24.5 Å². The average molecular weight is 542 g/mol. The highest BCUT2D eigenvalue weighted by Crippen LogP contribution is 2.39. The van der Waals surface area contributed by atoms with Crippen molar-refractivity contribution in [2.75, 3.05) is 24.4 Å². The fourth-order valence-corrected chi connectivity index (χ4v) is 4.73. The first-order chi connectivity index (χ1) is 19.3. The lowest BCUT2D eigenvalue weighted by Gasteiger charge is -2.18. The molecule has 0 aliphatic carbocycles. The SMILES string of the molecule is CCOC(=O)c1cnc(NC(C)c2c(C)nn(C)c2C)nc1Nc1cccc(-c2nc3ccccc3o2)c1OC. The maximum absolute atomic E-state index is 12.8. The molecule has 1 unspecified atom stereocenters. The van der Waals surface area contributed by atoms with Crippen LogP contribution in [0.4, 0.5) is 17.5 Å². The van der Waals surface area contributed by atoms with Crippen LogP contribution in [-0.2, 0) is 11.8 Å². The van der Waals surface area contributed by atoms with E-state index >= 15 is 0 Å². The van der Waals surface area contributed by atoms with Crippen molar-refractivity contribution in [1.29, 1.82) is 0 Å². The third kappa shape index (κ3) is 5.05. The van der Waals surface area contributed by atoms with Gasteiger partial charge in [0.25, 0.3) is 0 Å². The van der Waals surface area contributed by atoms with E-state index in [0.29, 0.717) is 34.4 Å². The Kier molecular flexibility index (Phi) is 7.37. The molecule has 0 amide bonds. The van der Waals surface area contributed by atoms with Crippen LogP contribution in [0.2, 0.25) is 0 Å². The lowest BCUT2D eigenvalue weighted by atomic mass is 10.1. The van der Waals surface area contributed by atoms with Crippen molar-refractivity contribution in [1.82, 2.24) is 24.7 Å². The minimum absolute atomic E-state index is 0.132. The molecule has 3 aromatic heterocycles. The second kappa shape index (κ2) is 11.0. The lowest BCUT2D eigenvalue weighted by Crippen LogP contribution is -2.15. The van der Waals surface area contributed by atoms with Gasteiger partial charge in [0.15, 0.2) is 17.2 Å². The van der Waals surface area contributed by atoms with E-state index in [1.807, 2.05) is 75.0 Å². The van der Waals surface area contributed by atoms with Crippen LogP contribution in [0.15, 0.2) is 53.1 Å². The first-order valence-corrected chi connectivity index (χ1v) is 12.9. The van der Waals surface area contributed by atoms with E-state index in [1.165, 1.54) is 6.20 Å². The molecular weight excluding hydrogens is 510 g/mol. The number of ether oxygens (including phenoxy) is 2. The number of esters is 1. The number of nitrogens with zero attached hydrogens (tertiary/aromatic N) is 5. The average Bonchev–Trinajstić information content (AvgIpc) is 3.48. The van der Waals surface area contributed by atoms with Crippen LogP contribution < -0.4 is 15.4 Å². The maximum atomic E-state index is 12.8. The van der Waals surface area contributed by atoms with E-state index in [9.17, 15) is 4.79 Å². The molecule has 0 aliphatic rings. The Morgan fingerprint density at radius 2 is 1.93 bits per heavy atom. The number of rotatable bonds is 9. The summed E-state index contributed by atoms with van der Waals surface area (Å²) in [5, 5.41) is 11.1. The van der Waals surface area contributed by atoms with E-state index in [1.54, 1.807) is 14.0 Å². The minimum atomic E-state index is -0.544. The van der Waals surface area contributed by atoms with Gasteiger partial charge in [0.2, 0.25) is 11.8 Å². The summed E-state index contributed by atoms with van der Waals surface area (Å²) in [7, 11) is 3.47. The minimum Gasteiger partial charge on any atom is -0.494 e. The lowest BCUT2D eigenvalue weighted by molar-refractivity contribution is 0.0526. The smallest absolute Gasteiger partial charge is 0.343 e. The van der Waals surface area contributed by atoms with E-state index in [0.717, 1.165) is 22.5 Å². The summed E-state index contributed by atoms with van der Waals surface area (Å²) >= 11 is 0. The molecule has 0 saturated carbocycles. The second-order valence-electron chi connectivity index (χ2n) is 9.25. The highest BCUT2D eigenvalue weighted by Gasteiger charge is 2.22. The highest BCUT2D eigenvalue weighted by molar-refractivity contribution is 5.96. The Labute approximate surface area is 231 Å². The van der Waals surface area contributed by atoms with Crippen molar-refractivity contribution in [2.24, 2.45) is 7.05 Å². The summed E-state index contributed by atoms with van der Waals surface area (Å²) in [4.78, 5) is 26.5. The van der Waals surface area contributed by atoms with E-state index in [4.69, 9.17) is 13.9 Å². The molecule has 5 aromatic rings. The van der Waals surface area contributed by atoms with Gasteiger partial charge in [-0.3, -0.25) is 4.68 Å². The third-order valence-electron chi connectivity index (χ3n) is 6.62. The molecule has 2 N–H and O–H groups in total. The zero-order valence-electron chi connectivity index (χ0n) is 23.3. The van der Waals surface area contributed by atoms with Gasteiger partial charge in [0.1, 0.15) is 11.1 Å². The molecule has 11 nitrogen and oxygen atoms in total. The van der Waals surface area contributed by atoms with Crippen LogP contribution in [0.5, 0.6) is 5.75 Å². The number of aromatic nitrogens is 5. The summed E-state index contributed by atoms with van der Waals surface area (Å²) in [5.74, 6) is 0.938. The van der Waals surface area contributed by atoms with Crippen molar-refractivity contribution in [3.8, 4) is 17.2 Å². The fraction of sp³-hybridized carbons (Fsp3) is 0.276. The number of anilines is 3. The van der Waals surface area contributed by atoms with Gasteiger partial charge in [-0.15, -0.1) is 0 Å². The number of para-hydroxylation sites is 3. The van der Waals surface area contributed by atoms with Gasteiger partial charge in [0, 0.05) is 24.5 Å². The summed E-state index contributed by atoms with van der Waals surface area (Å²) in [6.07, 6.45) is 1.45. The summed E-state index contributed by atoms with van der Waals surface area (Å²) in [6, 6.07) is 12.9. The van der Waals surface area contributed by atoms with Gasteiger partial charge in [0.05, 0.1) is 36.7 Å². The van der Waals surface area contributed by atoms with Gasteiger partial charge in [-0.05, 0) is 52.0 Å². The molecule has 5 rings (SSSR count).